The number of thiophene rings is 1. The van der Waals surface area contributed by atoms with E-state index in [4.69, 9.17) is 9.47 Å². The van der Waals surface area contributed by atoms with Crippen LogP contribution >= 0.6 is 11.3 Å². The molecule has 1 aliphatic rings. The van der Waals surface area contributed by atoms with Crippen LogP contribution in [0, 0.1) is 0 Å². The number of nitrogens with zero attached hydrogens (tertiary/aromatic N) is 2. The van der Waals surface area contributed by atoms with Gasteiger partial charge in [-0.2, -0.15) is 0 Å². The number of hydrogen-bond donors (Lipinski definition) is 1. The van der Waals surface area contributed by atoms with E-state index < -0.39 is 0 Å². The van der Waals surface area contributed by atoms with Crippen molar-refractivity contribution in [1.29, 1.82) is 0 Å². The largest absolute Gasteiger partial charge is 0.493 e. The second-order valence-corrected chi connectivity index (χ2v) is 7.35. The molecule has 0 fully saturated rings. The lowest BCUT2D eigenvalue weighted by Gasteiger charge is -2.18. The normalized spacial score (nSPS) is 12.9. The molecular weight excluding hydrogens is 358 g/mol. The van der Waals surface area contributed by atoms with Gasteiger partial charge in [0.05, 0.1) is 23.8 Å². The van der Waals surface area contributed by atoms with Gasteiger partial charge >= 0.3 is 0 Å². The zero-order chi connectivity index (χ0) is 18.5. The Morgan fingerprint density at radius 3 is 3.11 bits per heavy atom. The van der Waals surface area contributed by atoms with Crippen molar-refractivity contribution in [2.75, 3.05) is 25.1 Å². The molecule has 1 N–H and O–H groups in total. The molecule has 0 amide bonds. The van der Waals surface area contributed by atoms with Gasteiger partial charge in [-0.1, -0.05) is 12.1 Å². The monoisotopic (exact) mass is 381 g/mol. The lowest BCUT2D eigenvalue weighted by atomic mass is 10.0. The van der Waals surface area contributed by atoms with Crippen LogP contribution in [0.2, 0.25) is 0 Å². The Labute approximate surface area is 163 Å². The molecule has 0 saturated heterocycles. The fourth-order valence-corrected chi connectivity index (χ4v) is 3.95. The summed E-state index contributed by atoms with van der Waals surface area (Å²) in [5.41, 5.74) is 3.50. The molecule has 0 bridgehead atoms. The number of fused-ring (bicyclic) bond motifs is 1. The fraction of sp³-hybridized carbons (Fsp3) is 0.333. The molecule has 0 spiro atoms. The van der Waals surface area contributed by atoms with E-state index in [0.29, 0.717) is 6.61 Å². The summed E-state index contributed by atoms with van der Waals surface area (Å²) in [5.74, 6) is 2.77. The molecule has 0 saturated carbocycles. The van der Waals surface area contributed by atoms with Crippen molar-refractivity contribution in [2.24, 2.45) is 0 Å². The zero-order valence-electron chi connectivity index (χ0n) is 15.4. The lowest BCUT2D eigenvalue weighted by Crippen LogP contribution is -2.10. The van der Waals surface area contributed by atoms with Crippen LogP contribution in [-0.2, 0) is 12.8 Å². The van der Waals surface area contributed by atoms with Crippen LogP contribution in [0.15, 0.2) is 42.0 Å². The molecule has 1 aromatic carbocycles. The van der Waals surface area contributed by atoms with Gasteiger partial charge in [0.25, 0.3) is 0 Å². The second-order valence-electron chi connectivity index (χ2n) is 6.44. The van der Waals surface area contributed by atoms with Gasteiger partial charge < -0.3 is 14.8 Å². The van der Waals surface area contributed by atoms with E-state index in [0.717, 1.165) is 60.3 Å². The van der Waals surface area contributed by atoms with E-state index in [1.165, 1.54) is 11.1 Å². The van der Waals surface area contributed by atoms with Crippen LogP contribution in [0.4, 0.5) is 5.82 Å². The Kier molecular flexibility index (Phi) is 5.53. The van der Waals surface area contributed by atoms with Crippen LogP contribution < -0.4 is 14.8 Å². The number of hydrogen-bond acceptors (Lipinski definition) is 6. The highest BCUT2D eigenvalue weighted by atomic mass is 32.1. The predicted molar refractivity (Wildman–Crippen MR) is 109 cm³/mol. The van der Waals surface area contributed by atoms with Crippen LogP contribution in [0.5, 0.6) is 11.5 Å². The molecule has 0 aliphatic carbocycles. The number of anilines is 1. The number of nitrogens with one attached hydrogen (secondary N) is 1. The first-order valence-electron chi connectivity index (χ1n) is 9.34. The summed E-state index contributed by atoms with van der Waals surface area (Å²) < 4.78 is 11.3. The number of rotatable bonds is 7. The average molecular weight is 382 g/mol. The first kappa shape index (κ1) is 17.8. The van der Waals surface area contributed by atoms with E-state index in [9.17, 15) is 0 Å². The summed E-state index contributed by atoms with van der Waals surface area (Å²) in [7, 11) is 0. The maximum absolute atomic E-state index is 5.76. The van der Waals surface area contributed by atoms with E-state index in [1.54, 1.807) is 17.7 Å². The summed E-state index contributed by atoms with van der Waals surface area (Å²) in [6.07, 6.45) is 4.75. The van der Waals surface area contributed by atoms with E-state index in [1.807, 2.05) is 24.4 Å². The van der Waals surface area contributed by atoms with Crippen molar-refractivity contribution in [3.63, 3.8) is 0 Å². The highest BCUT2D eigenvalue weighted by molar-refractivity contribution is 7.13. The number of aromatic nitrogens is 2. The third kappa shape index (κ3) is 4.39. The summed E-state index contributed by atoms with van der Waals surface area (Å²) in [5, 5.41) is 5.40. The van der Waals surface area contributed by atoms with Crippen LogP contribution in [-0.4, -0.2) is 29.7 Å². The SMILES string of the molecule is CCOc1csc(-c2cc(NCCc3ccc4c(c3)OCCC4)ncn2)c1. The molecule has 3 heterocycles. The van der Waals surface area contributed by atoms with Gasteiger partial charge in [-0.05, 0) is 43.4 Å². The summed E-state index contributed by atoms with van der Waals surface area (Å²) in [6.45, 7) is 4.29. The van der Waals surface area contributed by atoms with E-state index in [2.05, 4.69) is 33.5 Å². The zero-order valence-corrected chi connectivity index (χ0v) is 16.2. The Morgan fingerprint density at radius 2 is 2.19 bits per heavy atom. The van der Waals surface area contributed by atoms with Crippen molar-refractivity contribution < 1.29 is 9.47 Å². The summed E-state index contributed by atoms with van der Waals surface area (Å²) in [4.78, 5) is 9.80. The quantitative estimate of drug-likeness (QED) is 0.649. The smallest absolute Gasteiger partial charge is 0.130 e. The first-order chi connectivity index (χ1) is 13.3. The first-order valence-corrected chi connectivity index (χ1v) is 10.2. The molecule has 3 aromatic rings. The molecule has 1 aliphatic heterocycles. The minimum Gasteiger partial charge on any atom is -0.493 e. The predicted octanol–water partition coefficient (Wildman–Crippen LogP) is 4.58. The van der Waals surface area contributed by atoms with Gasteiger partial charge in [-0.25, -0.2) is 9.97 Å². The van der Waals surface area contributed by atoms with Crippen molar-refractivity contribution in [3.05, 3.63) is 53.2 Å². The number of aryl methyl sites for hydroxylation is 1. The van der Waals surface area contributed by atoms with Gasteiger partial charge in [-0.3, -0.25) is 0 Å². The molecule has 6 heteroatoms. The lowest BCUT2D eigenvalue weighted by molar-refractivity contribution is 0.288. The standard InChI is InChI=1S/C21H23N3O2S/c1-2-25-17-11-20(27-13-17)18-12-21(24-14-23-18)22-8-7-15-5-6-16-4-3-9-26-19(16)10-15/h5-6,10-14H,2-4,7-9H2,1H3,(H,22,23,24). The molecule has 0 atom stereocenters. The average Bonchev–Trinajstić information content (AvgIpc) is 3.17. The van der Waals surface area contributed by atoms with Crippen LogP contribution in [0.1, 0.15) is 24.5 Å². The highest BCUT2D eigenvalue weighted by Crippen LogP contribution is 2.30. The van der Waals surface area contributed by atoms with Crippen molar-refractivity contribution in [3.8, 4) is 22.1 Å². The van der Waals surface area contributed by atoms with E-state index >= 15 is 0 Å². The van der Waals surface area contributed by atoms with Crippen molar-refractivity contribution in [2.45, 2.75) is 26.2 Å². The Bertz CT molecular complexity index is 910. The molecule has 5 nitrogen and oxygen atoms in total. The molecule has 140 valence electrons. The molecule has 0 unspecified atom stereocenters. The Hall–Kier alpha value is -2.60. The van der Waals surface area contributed by atoms with Gasteiger partial charge in [0.15, 0.2) is 0 Å². The fourth-order valence-electron chi connectivity index (χ4n) is 3.16. The van der Waals surface area contributed by atoms with Gasteiger partial charge in [0, 0.05) is 24.1 Å². The van der Waals surface area contributed by atoms with E-state index in [-0.39, 0.29) is 0 Å². The topological polar surface area (TPSA) is 56.3 Å². The van der Waals surface area contributed by atoms with Gasteiger partial charge in [0.1, 0.15) is 23.6 Å². The molecule has 0 radical (unpaired) electrons. The van der Waals surface area contributed by atoms with Crippen LogP contribution in [0.3, 0.4) is 0 Å². The third-order valence-electron chi connectivity index (χ3n) is 4.51. The number of ether oxygens (including phenoxy) is 2. The molecular formula is C21H23N3O2S. The number of benzene rings is 1. The maximum atomic E-state index is 5.76. The van der Waals surface area contributed by atoms with Crippen molar-refractivity contribution in [1.82, 2.24) is 9.97 Å². The Morgan fingerprint density at radius 1 is 1.22 bits per heavy atom. The van der Waals surface area contributed by atoms with Gasteiger partial charge in [0.2, 0.25) is 0 Å². The van der Waals surface area contributed by atoms with Crippen LogP contribution in [0.25, 0.3) is 10.6 Å². The van der Waals surface area contributed by atoms with Crippen molar-refractivity contribution >= 4 is 17.2 Å². The third-order valence-corrected chi connectivity index (χ3v) is 5.44. The summed E-state index contributed by atoms with van der Waals surface area (Å²) >= 11 is 1.63. The molecule has 2 aromatic heterocycles. The van der Waals surface area contributed by atoms with Gasteiger partial charge in [-0.15, -0.1) is 11.3 Å². The molecule has 27 heavy (non-hydrogen) atoms. The summed E-state index contributed by atoms with van der Waals surface area (Å²) in [6, 6.07) is 10.6. The Balaban J connectivity index is 1.37. The maximum Gasteiger partial charge on any atom is 0.130 e. The molecule has 4 rings (SSSR count). The highest BCUT2D eigenvalue weighted by Gasteiger charge is 2.10. The minimum absolute atomic E-state index is 0.667. The second kappa shape index (κ2) is 8.39. The minimum atomic E-state index is 0.667.